The largest absolute Gasteiger partial charge is 0.495 e. The third-order valence-corrected chi connectivity index (χ3v) is 6.28. The number of aryl methyl sites for hydroxylation is 1. The fourth-order valence-corrected chi connectivity index (χ4v) is 4.93. The number of oxime groups is 1. The molecule has 160 valence electrons. The van der Waals surface area contributed by atoms with Crippen molar-refractivity contribution in [2.45, 2.75) is 25.8 Å². The second-order valence-electron chi connectivity index (χ2n) is 7.78. The summed E-state index contributed by atoms with van der Waals surface area (Å²) in [6.07, 6.45) is 8.84. The molecule has 0 unspecified atom stereocenters. The quantitative estimate of drug-likeness (QED) is 0.724. The molecule has 0 saturated carbocycles. The molecule has 0 N–H and O–H groups in total. The number of benzene rings is 1. The molecule has 1 aromatic carbocycles. The Bertz CT molecular complexity index is 1100. The summed E-state index contributed by atoms with van der Waals surface area (Å²) in [5.74, 6) is 1.53. The fraction of sp³-hybridized carbons (Fsp3) is 0.429. The number of amidine groups is 1. The van der Waals surface area contributed by atoms with Crippen LogP contribution in [0.1, 0.15) is 24.1 Å². The SMILES string of the molecule is COc1cc(/C=C2\CCCN3C2=NOC[C@@H]3CS(C)(=O)=O)ccc1-n1cnc(C)c1. The van der Waals surface area contributed by atoms with Gasteiger partial charge in [0.2, 0.25) is 0 Å². The third kappa shape index (κ3) is 4.35. The van der Waals surface area contributed by atoms with Gasteiger partial charge in [-0.1, -0.05) is 11.2 Å². The summed E-state index contributed by atoms with van der Waals surface area (Å²) in [6, 6.07) is 5.79. The van der Waals surface area contributed by atoms with Crippen molar-refractivity contribution in [3.8, 4) is 11.4 Å². The molecular weight excluding hydrogens is 404 g/mol. The van der Waals surface area contributed by atoms with Crippen LogP contribution in [0.4, 0.5) is 0 Å². The minimum atomic E-state index is -3.11. The second-order valence-corrected chi connectivity index (χ2v) is 9.96. The lowest BCUT2D eigenvalue weighted by molar-refractivity contribution is 0.0659. The summed E-state index contributed by atoms with van der Waals surface area (Å²) in [5, 5.41) is 4.26. The highest BCUT2D eigenvalue weighted by atomic mass is 32.2. The topological polar surface area (TPSA) is 86.0 Å². The number of imidazole rings is 1. The predicted octanol–water partition coefficient (Wildman–Crippen LogP) is 2.43. The standard InChI is InChI=1S/C21H26N4O4S/c1-15-11-24(14-22-15)19-7-6-16(10-20(19)28-2)9-17-5-4-8-25-18(13-30(3,26)27)12-29-23-21(17)25/h6-7,9-11,14,18H,4-5,8,12-13H2,1-3H3/b17-9+/t18-/m1/s1. The van der Waals surface area contributed by atoms with Gasteiger partial charge in [-0.15, -0.1) is 0 Å². The number of ether oxygens (including phenoxy) is 1. The van der Waals surface area contributed by atoms with Crippen molar-refractivity contribution in [2.75, 3.05) is 32.3 Å². The molecule has 0 bridgehead atoms. The predicted molar refractivity (Wildman–Crippen MR) is 116 cm³/mol. The van der Waals surface area contributed by atoms with Gasteiger partial charge in [0, 0.05) is 19.0 Å². The van der Waals surface area contributed by atoms with E-state index in [1.54, 1.807) is 13.4 Å². The van der Waals surface area contributed by atoms with E-state index in [4.69, 9.17) is 9.57 Å². The molecule has 30 heavy (non-hydrogen) atoms. The van der Waals surface area contributed by atoms with Crippen molar-refractivity contribution in [3.05, 3.63) is 47.6 Å². The fourth-order valence-electron chi connectivity index (χ4n) is 3.96. The zero-order chi connectivity index (χ0) is 21.3. The number of nitrogens with zero attached hydrogens (tertiary/aromatic N) is 4. The Morgan fingerprint density at radius 2 is 2.20 bits per heavy atom. The average molecular weight is 431 g/mol. The number of methoxy groups -OCH3 is 1. The van der Waals surface area contributed by atoms with E-state index in [1.807, 2.05) is 35.9 Å². The molecule has 2 aliphatic rings. The summed E-state index contributed by atoms with van der Waals surface area (Å²) in [7, 11) is -1.46. The van der Waals surface area contributed by atoms with Crippen molar-refractivity contribution in [2.24, 2.45) is 5.16 Å². The highest BCUT2D eigenvalue weighted by Crippen LogP contribution is 2.29. The Balaban J connectivity index is 1.63. The van der Waals surface area contributed by atoms with Crippen LogP contribution in [0.25, 0.3) is 11.8 Å². The maximum absolute atomic E-state index is 11.8. The molecule has 0 radical (unpaired) electrons. The van der Waals surface area contributed by atoms with E-state index >= 15 is 0 Å². The Morgan fingerprint density at radius 3 is 2.90 bits per heavy atom. The molecule has 1 saturated heterocycles. The molecule has 0 aliphatic carbocycles. The lowest BCUT2D eigenvalue weighted by Gasteiger charge is -2.39. The van der Waals surface area contributed by atoms with E-state index in [9.17, 15) is 8.42 Å². The normalized spacial score (nSPS) is 20.5. The maximum atomic E-state index is 11.8. The van der Waals surface area contributed by atoms with Gasteiger partial charge >= 0.3 is 0 Å². The van der Waals surface area contributed by atoms with Crippen LogP contribution < -0.4 is 4.74 Å². The highest BCUT2D eigenvalue weighted by Gasteiger charge is 2.33. The Labute approximate surface area is 176 Å². The highest BCUT2D eigenvalue weighted by molar-refractivity contribution is 7.90. The van der Waals surface area contributed by atoms with Crippen molar-refractivity contribution < 1.29 is 18.0 Å². The average Bonchev–Trinajstić information content (AvgIpc) is 3.13. The molecule has 9 heteroatoms. The summed E-state index contributed by atoms with van der Waals surface area (Å²) in [6.45, 7) is 3.01. The molecule has 8 nitrogen and oxygen atoms in total. The van der Waals surface area contributed by atoms with Gasteiger partial charge in [0.15, 0.2) is 5.84 Å². The molecular formula is C21H26N4O4S. The van der Waals surface area contributed by atoms with Crippen LogP contribution >= 0.6 is 0 Å². The van der Waals surface area contributed by atoms with Crippen LogP contribution in [-0.4, -0.2) is 67.0 Å². The van der Waals surface area contributed by atoms with E-state index < -0.39 is 9.84 Å². The number of aromatic nitrogens is 2. The first-order chi connectivity index (χ1) is 14.3. The zero-order valence-electron chi connectivity index (χ0n) is 17.4. The van der Waals surface area contributed by atoms with Crippen molar-refractivity contribution >= 4 is 21.7 Å². The van der Waals surface area contributed by atoms with E-state index in [0.29, 0.717) is 0 Å². The van der Waals surface area contributed by atoms with Crippen LogP contribution in [0.3, 0.4) is 0 Å². The molecule has 0 amide bonds. The molecule has 4 rings (SSSR count). The molecule has 1 fully saturated rings. The van der Waals surface area contributed by atoms with Gasteiger partial charge in [-0.2, -0.15) is 0 Å². The molecule has 1 aromatic heterocycles. The third-order valence-electron chi connectivity index (χ3n) is 5.29. The van der Waals surface area contributed by atoms with Crippen LogP contribution in [0.5, 0.6) is 5.75 Å². The lowest BCUT2D eigenvalue weighted by Crippen LogP contribution is -2.51. The number of fused-ring (bicyclic) bond motifs is 1. The molecule has 3 heterocycles. The Morgan fingerprint density at radius 1 is 1.37 bits per heavy atom. The van der Waals surface area contributed by atoms with Gasteiger partial charge in [-0.3, -0.25) is 0 Å². The minimum absolute atomic E-state index is 0.0616. The van der Waals surface area contributed by atoms with Crippen molar-refractivity contribution in [1.82, 2.24) is 14.5 Å². The van der Waals surface area contributed by atoms with Crippen LogP contribution in [0.2, 0.25) is 0 Å². The van der Waals surface area contributed by atoms with Crippen molar-refractivity contribution in [3.63, 3.8) is 0 Å². The number of sulfone groups is 1. The number of hydrogen-bond donors (Lipinski definition) is 0. The first-order valence-corrected chi connectivity index (χ1v) is 11.9. The molecule has 1 atom stereocenters. The van der Waals surface area contributed by atoms with Gasteiger partial charge in [0.25, 0.3) is 0 Å². The van der Waals surface area contributed by atoms with E-state index in [2.05, 4.69) is 21.1 Å². The first kappa shape index (κ1) is 20.5. The van der Waals surface area contributed by atoms with Gasteiger partial charge in [0.1, 0.15) is 22.2 Å². The molecule has 2 aromatic rings. The van der Waals surface area contributed by atoms with Crippen LogP contribution in [0.15, 0.2) is 41.5 Å². The summed E-state index contributed by atoms with van der Waals surface area (Å²) in [4.78, 5) is 11.7. The Kier molecular flexibility index (Phi) is 5.55. The van der Waals surface area contributed by atoms with E-state index in [0.717, 1.165) is 53.5 Å². The summed E-state index contributed by atoms with van der Waals surface area (Å²) >= 11 is 0. The Hall–Kier alpha value is -2.81. The monoisotopic (exact) mass is 430 g/mol. The molecule has 2 aliphatic heterocycles. The van der Waals surface area contributed by atoms with Gasteiger partial charge < -0.3 is 19.0 Å². The minimum Gasteiger partial charge on any atom is -0.495 e. The van der Waals surface area contributed by atoms with E-state index in [-0.39, 0.29) is 18.4 Å². The molecule has 0 spiro atoms. The summed E-state index contributed by atoms with van der Waals surface area (Å²) < 4.78 is 31.2. The second kappa shape index (κ2) is 8.14. The van der Waals surface area contributed by atoms with Crippen LogP contribution in [0, 0.1) is 6.92 Å². The van der Waals surface area contributed by atoms with Crippen LogP contribution in [-0.2, 0) is 14.7 Å². The van der Waals surface area contributed by atoms with Gasteiger partial charge in [-0.25, -0.2) is 13.4 Å². The smallest absolute Gasteiger partial charge is 0.171 e. The summed E-state index contributed by atoms with van der Waals surface area (Å²) in [5.41, 5.74) is 3.87. The maximum Gasteiger partial charge on any atom is 0.171 e. The number of rotatable bonds is 5. The lowest BCUT2D eigenvalue weighted by atomic mass is 9.98. The zero-order valence-corrected chi connectivity index (χ0v) is 18.2. The number of piperidine rings is 1. The number of hydrogen-bond acceptors (Lipinski definition) is 7. The van der Waals surface area contributed by atoms with Crippen molar-refractivity contribution in [1.29, 1.82) is 0 Å². The first-order valence-electron chi connectivity index (χ1n) is 9.88. The van der Waals surface area contributed by atoms with Gasteiger partial charge in [-0.05, 0) is 49.1 Å². The van der Waals surface area contributed by atoms with Gasteiger partial charge in [0.05, 0.1) is 36.6 Å². The van der Waals surface area contributed by atoms with E-state index in [1.165, 1.54) is 6.26 Å².